The van der Waals surface area contributed by atoms with Crippen molar-refractivity contribution in [2.75, 3.05) is 26.7 Å². The van der Waals surface area contributed by atoms with E-state index in [2.05, 4.69) is 30.1 Å². The Labute approximate surface area is 113 Å². The molecule has 2 atom stereocenters. The van der Waals surface area contributed by atoms with Crippen molar-refractivity contribution >= 4 is 0 Å². The van der Waals surface area contributed by atoms with E-state index in [9.17, 15) is 0 Å². The maximum atomic E-state index is 9.07. The third-order valence-corrected chi connectivity index (χ3v) is 4.45. The van der Waals surface area contributed by atoms with Gasteiger partial charge >= 0.3 is 0 Å². The molecule has 18 heavy (non-hydrogen) atoms. The zero-order valence-electron chi connectivity index (χ0n) is 12.5. The Morgan fingerprint density at radius 2 is 2.17 bits per heavy atom. The molecule has 1 aliphatic rings. The number of likely N-dealkylation sites (tertiary alicyclic amines) is 1. The number of unbranched alkanes of at least 4 members (excludes halogenated alkanes) is 1. The molecule has 0 aromatic heterocycles. The number of hydrogen-bond acceptors (Lipinski definition) is 3. The number of nitrogens with zero attached hydrogens (tertiary/aromatic N) is 2. The van der Waals surface area contributed by atoms with E-state index in [4.69, 9.17) is 5.26 Å². The van der Waals surface area contributed by atoms with Crippen molar-refractivity contribution in [1.82, 2.24) is 10.2 Å². The smallest absolute Gasteiger partial charge is 0.103 e. The first-order valence-electron chi connectivity index (χ1n) is 7.33. The molecule has 0 radical (unpaired) electrons. The summed E-state index contributed by atoms with van der Waals surface area (Å²) >= 11 is 0. The Kier molecular flexibility index (Phi) is 6.11. The first-order valence-corrected chi connectivity index (χ1v) is 7.33. The van der Waals surface area contributed by atoms with Crippen LogP contribution in [0.2, 0.25) is 0 Å². The van der Waals surface area contributed by atoms with Crippen LogP contribution >= 0.6 is 0 Å². The zero-order chi connectivity index (χ0) is 13.6. The molecule has 0 spiro atoms. The van der Waals surface area contributed by atoms with Crippen LogP contribution in [0.5, 0.6) is 0 Å². The third kappa shape index (κ3) is 4.59. The van der Waals surface area contributed by atoms with Crippen molar-refractivity contribution in [2.24, 2.45) is 11.8 Å². The lowest BCUT2D eigenvalue weighted by atomic mass is 9.95. The second-order valence-electron chi connectivity index (χ2n) is 6.24. The van der Waals surface area contributed by atoms with Gasteiger partial charge in [0.15, 0.2) is 0 Å². The topological polar surface area (TPSA) is 39.1 Å². The largest absolute Gasteiger partial charge is 0.303 e. The van der Waals surface area contributed by atoms with E-state index in [0.29, 0.717) is 0 Å². The van der Waals surface area contributed by atoms with Gasteiger partial charge < -0.3 is 10.2 Å². The van der Waals surface area contributed by atoms with Crippen molar-refractivity contribution in [3.63, 3.8) is 0 Å². The van der Waals surface area contributed by atoms with E-state index >= 15 is 0 Å². The van der Waals surface area contributed by atoms with Crippen LogP contribution in [0.4, 0.5) is 0 Å². The normalized spacial score (nSPS) is 24.1. The lowest BCUT2D eigenvalue weighted by Gasteiger charge is -2.22. The van der Waals surface area contributed by atoms with Crippen LogP contribution in [0, 0.1) is 23.2 Å². The molecule has 1 saturated heterocycles. The van der Waals surface area contributed by atoms with Gasteiger partial charge in [-0.25, -0.2) is 0 Å². The SMILES string of the molecule is CNC(C)(C#N)CCCCN1CCC(C(C)C)C1. The quantitative estimate of drug-likeness (QED) is 0.707. The summed E-state index contributed by atoms with van der Waals surface area (Å²) in [6.07, 6.45) is 4.66. The van der Waals surface area contributed by atoms with Crippen LogP contribution in [0.25, 0.3) is 0 Å². The molecule has 0 aliphatic carbocycles. The molecule has 104 valence electrons. The Bertz CT molecular complexity index is 282. The molecule has 0 aromatic rings. The van der Waals surface area contributed by atoms with Gasteiger partial charge in [0.2, 0.25) is 0 Å². The fraction of sp³-hybridized carbons (Fsp3) is 0.933. The molecule has 2 unspecified atom stereocenters. The molecule has 1 rings (SSSR count). The van der Waals surface area contributed by atoms with Gasteiger partial charge in [-0.3, -0.25) is 0 Å². The molecule has 3 nitrogen and oxygen atoms in total. The van der Waals surface area contributed by atoms with Gasteiger partial charge in [-0.15, -0.1) is 0 Å². The second kappa shape index (κ2) is 7.11. The second-order valence-corrected chi connectivity index (χ2v) is 6.24. The predicted molar refractivity (Wildman–Crippen MR) is 76.3 cm³/mol. The fourth-order valence-electron chi connectivity index (χ4n) is 2.66. The Morgan fingerprint density at radius 3 is 2.67 bits per heavy atom. The summed E-state index contributed by atoms with van der Waals surface area (Å²) in [5.74, 6) is 1.72. The van der Waals surface area contributed by atoms with Gasteiger partial charge in [0.05, 0.1) is 6.07 Å². The van der Waals surface area contributed by atoms with Gasteiger partial charge in [0.1, 0.15) is 5.54 Å². The Morgan fingerprint density at radius 1 is 1.44 bits per heavy atom. The van der Waals surface area contributed by atoms with E-state index < -0.39 is 0 Å². The van der Waals surface area contributed by atoms with Crippen LogP contribution < -0.4 is 5.32 Å². The highest BCUT2D eigenvalue weighted by Gasteiger charge is 2.25. The molecule has 1 heterocycles. The van der Waals surface area contributed by atoms with Gasteiger partial charge in [0, 0.05) is 6.54 Å². The number of nitriles is 1. The predicted octanol–water partition coefficient (Wildman–Crippen LogP) is 2.64. The molecule has 0 bridgehead atoms. The molecular weight excluding hydrogens is 222 g/mol. The van der Waals surface area contributed by atoms with Gasteiger partial charge in [-0.2, -0.15) is 5.26 Å². The lowest BCUT2D eigenvalue weighted by Crippen LogP contribution is -2.38. The van der Waals surface area contributed by atoms with Crippen molar-refractivity contribution < 1.29 is 0 Å². The number of rotatable bonds is 7. The average molecular weight is 251 g/mol. The van der Waals surface area contributed by atoms with E-state index in [0.717, 1.165) is 24.7 Å². The van der Waals surface area contributed by atoms with E-state index in [1.807, 2.05) is 14.0 Å². The minimum Gasteiger partial charge on any atom is -0.303 e. The van der Waals surface area contributed by atoms with Crippen molar-refractivity contribution in [1.29, 1.82) is 5.26 Å². The molecule has 0 amide bonds. The first-order chi connectivity index (χ1) is 8.50. The summed E-state index contributed by atoms with van der Waals surface area (Å²) in [6, 6.07) is 2.35. The molecule has 0 aromatic carbocycles. The summed E-state index contributed by atoms with van der Waals surface area (Å²) in [5, 5.41) is 12.2. The van der Waals surface area contributed by atoms with Gasteiger partial charge in [0.25, 0.3) is 0 Å². The molecule has 1 aliphatic heterocycles. The summed E-state index contributed by atoms with van der Waals surface area (Å²) in [5.41, 5.74) is -0.342. The van der Waals surface area contributed by atoms with Crippen LogP contribution in [0.15, 0.2) is 0 Å². The maximum Gasteiger partial charge on any atom is 0.103 e. The van der Waals surface area contributed by atoms with Crippen LogP contribution in [-0.2, 0) is 0 Å². The molecular formula is C15H29N3. The third-order valence-electron chi connectivity index (χ3n) is 4.45. The highest BCUT2D eigenvalue weighted by atomic mass is 15.1. The van der Waals surface area contributed by atoms with Crippen molar-refractivity contribution in [2.45, 2.75) is 52.0 Å². The standard InChI is InChI=1S/C15H29N3/c1-13(2)14-7-10-18(11-14)9-6-5-8-15(3,12-16)17-4/h13-14,17H,5-11H2,1-4H3. The number of nitrogens with one attached hydrogen (secondary N) is 1. The first kappa shape index (κ1) is 15.5. The molecule has 1 fully saturated rings. The summed E-state index contributed by atoms with van der Waals surface area (Å²) in [4.78, 5) is 2.59. The molecule has 3 heteroatoms. The molecule has 1 N–H and O–H groups in total. The highest BCUT2D eigenvalue weighted by Crippen LogP contribution is 2.24. The summed E-state index contributed by atoms with van der Waals surface area (Å²) < 4.78 is 0. The summed E-state index contributed by atoms with van der Waals surface area (Å²) in [6.45, 7) is 10.4. The Hall–Kier alpha value is -0.590. The molecule has 0 saturated carbocycles. The van der Waals surface area contributed by atoms with Gasteiger partial charge in [-0.1, -0.05) is 13.8 Å². The lowest BCUT2D eigenvalue weighted by molar-refractivity contribution is 0.292. The fourth-order valence-corrected chi connectivity index (χ4v) is 2.66. The van der Waals surface area contributed by atoms with Crippen LogP contribution in [-0.4, -0.2) is 37.1 Å². The zero-order valence-corrected chi connectivity index (χ0v) is 12.5. The van der Waals surface area contributed by atoms with E-state index in [-0.39, 0.29) is 5.54 Å². The van der Waals surface area contributed by atoms with Crippen molar-refractivity contribution in [3.8, 4) is 6.07 Å². The van der Waals surface area contributed by atoms with Crippen LogP contribution in [0.3, 0.4) is 0 Å². The monoisotopic (exact) mass is 251 g/mol. The van der Waals surface area contributed by atoms with Crippen LogP contribution in [0.1, 0.15) is 46.5 Å². The van der Waals surface area contributed by atoms with E-state index in [1.165, 1.54) is 32.5 Å². The average Bonchev–Trinajstić information content (AvgIpc) is 2.83. The number of hydrogen-bond donors (Lipinski definition) is 1. The maximum absolute atomic E-state index is 9.07. The van der Waals surface area contributed by atoms with Gasteiger partial charge in [-0.05, 0) is 64.6 Å². The minimum atomic E-state index is -0.342. The van der Waals surface area contributed by atoms with Crippen molar-refractivity contribution in [3.05, 3.63) is 0 Å². The summed E-state index contributed by atoms with van der Waals surface area (Å²) in [7, 11) is 1.87. The minimum absolute atomic E-state index is 0.342. The van der Waals surface area contributed by atoms with E-state index in [1.54, 1.807) is 0 Å². The Balaban J connectivity index is 2.15. The highest BCUT2D eigenvalue weighted by molar-refractivity contribution is 5.02.